The summed E-state index contributed by atoms with van der Waals surface area (Å²) in [7, 11) is 0. The first-order valence-corrected chi connectivity index (χ1v) is 7.81. The van der Waals surface area contributed by atoms with E-state index in [1.807, 2.05) is 19.1 Å². The van der Waals surface area contributed by atoms with E-state index in [9.17, 15) is 4.39 Å². The maximum Gasteiger partial charge on any atom is 0.127 e. The topological polar surface area (TPSA) is 21.3 Å². The predicted molar refractivity (Wildman–Crippen MR) is 80.4 cm³/mol. The van der Waals surface area contributed by atoms with E-state index in [2.05, 4.69) is 12.2 Å². The molecule has 0 spiro atoms. The van der Waals surface area contributed by atoms with E-state index in [1.54, 1.807) is 6.07 Å². The Morgan fingerprint density at radius 2 is 2.25 bits per heavy atom. The number of hydrogen-bond acceptors (Lipinski definition) is 2. The number of aryl methyl sites for hydroxylation is 1. The molecule has 0 aliphatic carbocycles. The van der Waals surface area contributed by atoms with Crippen molar-refractivity contribution in [3.8, 4) is 0 Å². The molecule has 2 atom stereocenters. The summed E-state index contributed by atoms with van der Waals surface area (Å²) in [5.74, 6) is -0.111. The van der Waals surface area contributed by atoms with Crippen LogP contribution >= 0.6 is 0 Å². The molecule has 1 aromatic rings. The quantitative estimate of drug-likeness (QED) is 0.845. The van der Waals surface area contributed by atoms with Gasteiger partial charge in [-0.25, -0.2) is 4.39 Å². The fraction of sp³-hybridized carbons (Fsp3) is 0.647. The van der Waals surface area contributed by atoms with Gasteiger partial charge in [-0.3, -0.25) is 0 Å². The van der Waals surface area contributed by atoms with Crippen LogP contribution in [0.2, 0.25) is 0 Å². The minimum absolute atomic E-state index is 0.0537. The summed E-state index contributed by atoms with van der Waals surface area (Å²) in [5.41, 5.74) is 1.89. The van der Waals surface area contributed by atoms with Gasteiger partial charge in [-0.15, -0.1) is 0 Å². The highest BCUT2D eigenvalue weighted by Crippen LogP contribution is 2.27. The van der Waals surface area contributed by atoms with Gasteiger partial charge in [0.1, 0.15) is 5.82 Å². The van der Waals surface area contributed by atoms with Crippen LogP contribution in [-0.2, 0) is 4.74 Å². The van der Waals surface area contributed by atoms with E-state index in [-0.39, 0.29) is 18.0 Å². The van der Waals surface area contributed by atoms with E-state index in [4.69, 9.17) is 4.74 Å². The Labute approximate surface area is 121 Å². The molecule has 20 heavy (non-hydrogen) atoms. The third-order valence-electron chi connectivity index (χ3n) is 3.94. The Kier molecular flexibility index (Phi) is 5.99. The summed E-state index contributed by atoms with van der Waals surface area (Å²) in [4.78, 5) is 0. The largest absolute Gasteiger partial charge is 0.378 e. The molecule has 0 amide bonds. The molecule has 1 aliphatic rings. The molecule has 3 heteroatoms. The van der Waals surface area contributed by atoms with Crippen LogP contribution in [0.15, 0.2) is 18.2 Å². The summed E-state index contributed by atoms with van der Waals surface area (Å²) in [6.45, 7) is 5.90. The fourth-order valence-corrected chi connectivity index (χ4v) is 2.83. The first-order chi connectivity index (χ1) is 9.70. The van der Waals surface area contributed by atoms with Gasteiger partial charge in [0.2, 0.25) is 0 Å². The molecule has 0 aromatic heterocycles. The van der Waals surface area contributed by atoms with Crippen molar-refractivity contribution in [3.63, 3.8) is 0 Å². The molecule has 2 unspecified atom stereocenters. The predicted octanol–water partition coefficient (Wildman–Crippen LogP) is 4.13. The molecular weight excluding hydrogens is 253 g/mol. The Morgan fingerprint density at radius 1 is 1.40 bits per heavy atom. The number of nitrogens with one attached hydrogen (secondary N) is 1. The second kappa shape index (κ2) is 7.75. The summed E-state index contributed by atoms with van der Waals surface area (Å²) < 4.78 is 19.9. The fourth-order valence-electron chi connectivity index (χ4n) is 2.83. The molecule has 0 radical (unpaired) electrons. The number of ether oxygens (including phenoxy) is 1. The van der Waals surface area contributed by atoms with Gasteiger partial charge in [-0.05, 0) is 51.6 Å². The molecule has 1 heterocycles. The average molecular weight is 279 g/mol. The molecular formula is C17H26FNO. The first-order valence-electron chi connectivity index (χ1n) is 7.81. The SMILES string of the molecule is CCCNC(CC1CCCCO1)c1cc(C)ccc1F. The molecule has 112 valence electrons. The minimum atomic E-state index is -0.111. The molecule has 2 nitrogen and oxygen atoms in total. The average Bonchev–Trinajstić information content (AvgIpc) is 2.47. The van der Waals surface area contributed by atoms with E-state index in [1.165, 1.54) is 6.42 Å². The van der Waals surface area contributed by atoms with Gasteiger partial charge in [-0.1, -0.05) is 24.6 Å². The first kappa shape index (κ1) is 15.5. The van der Waals surface area contributed by atoms with Crippen LogP contribution in [0, 0.1) is 12.7 Å². The van der Waals surface area contributed by atoms with Crippen LogP contribution in [0.25, 0.3) is 0 Å². The van der Waals surface area contributed by atoms with Crippen molar-refractivity contribution < 1.29 is 9.13 Å². The van der Waals surface area contributed by atoms with Gasteiger partial charge in [0, 0.05) is 18.2 Å². The second-order valence-corrected chi connectivity index (χ2v) is 5.76. The summed E-state index contributed by atoms with van der Waals surface area (Å²) in [6, 6.07) is 5.42. The van der Waals surface area contributed by atoms with Crippen molar-refractivity contribution in [1.29, 1.82) is 0 Å². The van der Waals surface area contributed by atoms with E-state index >= 15 is 0 Å². The zero-order valence-electron chi connectivity index (χ0n) is 12.6. The Morgan fingerprint density at radius 3 is 2.95 bits per heavy atom. The van der Waals surface area contributed by atoms with E-state index in [0.29, 0.717) is 0 Å². The van der Waals surface area contributed by atoms with Gasteiger partial charge in [0.15, 0.2) is 0 Å². The summed E-state index contributed by atoms with van der Waals surface area (Å²) in [5, 5.41) is 3.48. The number of hydrogen-bond donors (Lipinski definition) is 1. The van der Waals surface area contributed by atoms with Crippen molar-refractivity contribution in [2.75, 3.05) is 13.2 Å². The van der Waals surface area contributed by atoms with Crippen LogP contribution < -0.4 is 5.32 Å². The van der Waals surface area contributed by atoms with Crippen molar-refractivity contribution in [2.45, 2.75) is 58.1 Å². The van der Waals surface area contributed by atoms with E-state index in [0.717, 1.165) is 50.0 Å². The van der Waals surface area contributed by atoms with Crippen molar-refractivity contribution in [2.24, 2.45) is 0 Å². The molecule has 0 bridgehead atoms. The standard InChI is InChI=1S/C17H26FNO/c1-3-9-19-17(12-14-6-4-5-10-20-14)15-11-13(2)7-8-16(15)18/h7-8,11,14,17,19H,3-6,9-10,12H2,1-2H3. The van der Waals surface area contributed by atoms with Gasteiger partial charge in [0.25, 0.3) is 0 Å². The molecule has 2 rings (SSSR count). The van der Waals surface area contributed by atoms with Crippen molar-refractivity contribution >= 4 is 0 Å². The van der Waals surface area contributed by atoms with Crippen LogP contribution in [0.3, 0.4) is 0 Å². The molecule has 1 aromatic carbocycles. The Bertz CT molecular complexity index is 415. The van der Waals surface area contributed by atoms with Gasteiger partial charge < -0.3 is 10.1 Å². The molecule has 1 N–H and O–H groups in total. The lowest BCUT2D eigenvalue weighted by Crippen LogP contribution is -2.30. The van der Waals surface area contributed by atoms with Crippen molar-refractivity contribution in [1.82, 2.24) is 5.32 Å². The Hall–Kier alpha value is -0.930. The lowest BCUT2D eigenvalue weighted by Gasteiger charge is -2.28. The summed E-state index contributed by atoms with van der Waals surface area (Å²) >= 11 is 0. The zero-order valence-corrected chi connectivity index (χ0v) is 12.6. The second-order valence-electron chi connectivity index (χ2n) is 5.76. The molecule has 1 saturated heterocycles. The number of benzene rings is 1. The van der Waals surface area contributed by atoms with Crippen LogP contribution in [0.1, 0.15) is 56.2 Å². The van der Waals surface area contributed by atoms with Crippen LogP contribution in [0.4, 0.5) is 4.39 Å². The monoisotopic (exact) mass is 279 g/mol. The van der Waals surface area contributed by atoms with Gasteiger partial charge >= 0.3 is 0 Å². The van der Waals surface area contributed by atoms with E-state index < -0.39 is 0 Å². The third kappa shape index (κ3) is 4.29. The Balaban J connectivity index is 2.10. The molecule has 0 saturated carbocycles. The lowest BCUT2D eigenvalue weighted by molar-refractivity contribution is 0.00485. The lowest BCUT2D eigenvalue weighted by atomic mass is 9.95. The van der Waals surface area contributed by atoms with Gasteiger partial charge in [-0.2, -0.15) is 0 Å². The zero-order chi connectivity index (χ0) is 14.4. The molecule has 1 fully saturated rings. The van der Waals surface area contributed by atoms with Crippen molar-refractivity contribution in [3.05, 3.63) is 35.1 Å². The maximum absolute atomic E-state index is 14.1. The van der Waals surface area contributed by atoms with Crippen LogP contribution in [-0.4, -0.2) is 19.3 Å². The van der Waals surface area contributed by atoms with Crippen LogP contribution in [0.5, 0.6) is 0 Å². The molecule has 1 aliphatic heterocycles. The van der Waals surface area contributed by atoms with Gasteiger partial charge in [0.05, 0.1) is 6.10 Å². The third-order valence-corrected chi connectivity index (χ3v) is 3.94. The smallest absolute Gasteiger partial charge is 0.127 e. The maximum atomic E-state index is 14.1. The normalized spacial score (nSPS) is 20.9. The number of rotatable bonds is 6. The highest BCUT2D eigenvalue weighted by Gasteiger charge is 2.22. The number of halogens is 1. The summed E-state index contributed by atoms with van der Waals surface area (Å²) in [6.07, 6.45) is 5.65. The highest BCUT2D eigenvalue weighted by atomic mass is 19.1. The highest BCUT2D eigenvalue weighted by molar-refractivity contribution is 5.27. The minimum Gasteiger partial charge on any atom is -0.378 e.